The third kappa shape index (κ3) is 4.35. The lowest BCUT2D eigenvalue weighted by molar-refractivity contribution is -0.139. The van der Waals surface area contributed by atoms with E-state index in [4.69, 9.17) is 14.6 Å². The molecule has 114 valence electrons. The number of nitrogens with one attached hydrogen (secondary N) is 1. The molecule has 1 aliphatic heterocycles. The fourth-order valence-electron chi connectivity index (χ4n) is 1.93. The Morgan fingerprint density at radius 2 is 2.19 bits per heavy atom. The van der Waals surface area contributed by atoms with Crippen LogP contribution in [0.25, 0.3) is 0 Å². The molecule has 2 N–H and O–H groups in total. The zero-order valence-corrected chi connectivity index (χ0v) is 11.7. The number of hydrogen-bond acceptors (Lipinski definition) is 4. The first-order chi connectivity index (χ1) is 10.1. The van der Waals surface area contributed by atoms with E-state index < -0.39 is 5.97 Å². The maximum atomic E-state index is 11.8. The number of hydrogen-bond donors (Lipinski definition) is 2. The van der Waals surface area contributed by atoms with E-state index in [1.807, 2.05) is 6.07 Å². The van der Waals surface area contributed by atoms with Crippen LogP contribution >= 0.6 is 0 Å². The number of aliphatic carboxylic acids is 1. The molecule has 2 amide bonds. The lowest BCUT2D eigenvalue weighted by Crippen LogP contribution is -2.57. The molecular weight excluding hydrogens is 276 g/mol. The molecule has 1 aliphatic rings. The third-order valence-electron chi connectivity index (χ3n) is 3.17. The predicted molar refractivity (Wildman–Crippen MR) is 74.2 cm³/mol. The van der Waals surface area contributed by atoms with E-state index in [1.54, 1.807) is 30.2 Å². The number of benzene rings is 1. The Labute approximate surface area is 122 Å². The highest BCUT2D eigenvalue weighted by molar-refractivity contribution is 5.75. The van der Waals surface area contributed by atoms with Gasteiger partial charge in [-0.2, -0.15) is 0 Å². The summed E-state index contributed by atoms with van der Waals surface area (Å²) in [6, 6.07) is 6.83. The van der Waals surface area contributed by atoms with E-state index in [0.29, 0.717) is 25.4 Å². The van der Waals surface area contributed by atoms with E-state index in [1.165, 1.54) is 0 Å². The number of carbonyl (C=O) groups is 2. The Morgan fingerprint density at radius 1 is 1.43 bits per heavy atom. The summed E-state index contributed by atoms with van der Waals surface area (Å²) < 4.78 is 10.2. The number of carboxylic acids is 1. The van der Waals surface area contributed by atoms with Gasteiger partial charge in [0.2, 0.25) is 0 Å². The number of ether oxygens (including phenoxy) is 2. The van der Waals surface area contributed by atoms with Crippen LogP contribution in [0.3, 0.4) is 0 Å². The van der Waals surface area contributed by atoms with Gasteiger partial charge in [0.1, 0.15) is 5.75 Å². The minimum atomic E-state index is -1.03. The summed E-state index contributed by atoms with van der Waals surface area (Å²) in [5, 5.41) is 11.4. The normalized spacial score (nSPS) is 14.4. The maximum Gasteiger partial charge on any atom is 0.341 e. The predicted octanol–water partition coefficient (Wildman–Crippen LogP) is 0.690. The van der Waals surface area contributed by atoms with Crippen molar-refractivity contribution in [3.05, 3.63) is 29.8 Å². The first kappa shape index (κ1) is 15.1. The minimum absolute atomic E-state index is 0.128. The third-order valence-corrected chi connectivity index (χ3v) is 3.17. The number of urea groups is 1. The van der Waals surface area contributed by atoms with Gasteiger partial charge in [-0.15, -0.1) is 0 Å². The summed E-state index contributed by atoms with van der Waals surface area (Å²) in [4.78, 5) is 23.9. The molecule has 1 fully saturated rings. The first-order valence-corrected chi connectivity index (χ1v) is 6.57. The average Bonchev–Trinajstić information content (AvgIpc) is 2.42. The van der Waals surface area contributed by atoms with E-state index in [2.05, 4.69) is 5.32 Å². The quantitative estimate of drug-likeness (QED) is 0.806. The van der Waals surface area contributed by atoms with Gasteiger partial charge in [-0.3, -0.25) is 0 Å². The molecule has 0 saturated carbocycles. The molecule has 0 radical (unpaired) electrons. The van der Waals surface area contributed by atoms with Crippen LogP contribution in [0.1, 0.15) is 5.56 Å². The minimum Gasteiger partial charge on any atom is -0.482 e. The van der Waals surface area contributed by atoms with Crippen molar-refractivity contribution in [3.63, 3.8) is 0 Å². The molecule has 7 heteroatoms. The van der Waals surface area contributed by atoms with Crippen molar-refractivity contribution in [3.8, 4) is 5.75 Å². The van der Waals surface area contributed by atoms with Crippen LogP contribution in [-0.2, 0) is 16.1 Å². The molecule has 1 aromatic carbocycles. The lowest BCUT2D eigenvalue weighted by Gasteiger charge is -2.37. The van der Waals surface area contributed by atoms with Gasteiger partial charge < -0.3 is 24.8 Å². The van der Waals surface area contributed by atoms with Gasteiger partial charge in [-0.05, 0) is 17.7 Å². The molecule has 2 rings (SSSR count). The SMILES string of the molecule is COC1CN(C(=O)NCc2cccc(OCC(=O)O)c2)C1. The van der Waals surface area contributed by atoms with Gasteiger partial charge in [-0.25, -0.2) is 9.59 Å². The zero-order valence-electron chi connectivity index (χ0n) is 11.7. The molecule has 1 heterocycles. The Kier molecular flexibility index (Phi) is 4.99. The monoisotopic (exact) mass is 294 g/mol. The van der Waals surface area contributed by atoms with Gasteiger partial charge in [-0.1, -0.05) is 12.1 Å². The van der Waals surface area contributed by atoms with E-state index in [9.17, 15) is 9.59 Å². The second-order valence-electron chi connectivity index (χ2n) is 4.75. The molecular formula is C14H18N2O5. The summed E-state index contributed by atoms with van der Waals surface area (Å²) in [6.45, 7) is 1.17. The Bertz CT molecular complexity index is 514. The number of carbonyl (C=O) groups excluding carboxylic acids is 1. The first-order valence-electron chi connectivity index (χ1n) is 6.57. The van der Waals surface area contributed by atoms with Crippen molar-refractivity contribution in [1.82, 2.24) is 10.2 Å². The van der Waals surface area contributed by atoms with E-state index in [-0.39, 0.29) is 18.7 Å². The van der Waals surface area contributed by atoms with Gasteiger partial charge in [0, 0.05) is 13.7 Å². The van der Waals surface area contributed by atoms with Crippen LogP contribution in [0.15, 0.2) is 24.3 Å². The van der Waals surface area contributed by atoms with E-state index in [0.717, 1.165) is 5.56 Å². The highest BCUT2D eigenvalue weighted by Gasteiger charge is 2.30. The van der Waals surface area contributed by atoms with Crippen LogP contribution in [0.2, 0.25) is 0 Å². The van der Waals surface area contributed by atoms with Crippen LogP contribution in [0, 0.1) is 0 Å². The molecule has 0 spiro atoms. The fraction of sp³-hybridized carbons (Fsp3) is 0.429. The second kappa shape index (κ2) is 6.94. The summed E-state index contributed by atoms with van der Waals surface area (Å²) in [7, 11) is 1.63. The Hall–Kier alpha value is -2.28. The van der Waals surface area contributed by atoms with Gasteiger partial charge in [0.05, 0.1) is 19.2 Å². The average molecular weight is 294 g/mol. The summed E-state index contributed by atoms with van der Waals surface area (Å²) in [5.41, 5.74) is 0.843. The van der Waals surface area contributed by atoms with Crippen LogP contribution in [0.4, 0.5) is 4.79 Å². The van der Waals surface area contributed by atoms with Crippen molar-refractivity contribution in [1.29, 1.82) is 0 Å². The van der Waals surface area contributed by atoms with Crippen molar-refractivity contribution in [2.24, 2.45) is 0 Å². The molecule has 21 heavy (non-hydrogen) atoms. The smallest absolute Gasteiger partial charge is 0.341 e. The summed E-state index contributed by atoms with van der Waals surface area (Å²) in [6.07, 6.45) is 0.128. The molecule has 0 atom stereocenters. The van der Waals surface area contributed by atoms with Crippen LogP contribution in [0.5, 0.6) is 5.75 Å². The number of carboxylic acid groups (broad SMARTS) is 1. The fourth-order valence-corrected chi connectivity index (χ4v) is 1.93. The second-order valence-corrected chi connectivity index (χ2v) is 4.75. The molecule has 7 nitrogen and oxygen atoms in total. The maximum absolute atomic E-state index is 11.8. The largest absolute Gasteiger partial charge is 0.482 e. The Balaban J connectivity index is 1.79. The van der Waals surface area contributed by atoms with Gasteiger partial charge in [0.15, 0.2) is 6.61 Å². The molecule has 0 aliphatic carbocycles. The number of nitrogens with zero attached hydrogens (tertiary/aromatic N) is 1. The molecule has 0 aromatic heterocycles. The number of likely N-dealkylation sites (tertiary alicyclic amines) is 1. The molecule has 0 unspecified atom stereocenters. The van der Waals surface area contributed by atoms with E-state index >= 15 is 0 Å². The lowest BCUT2D eigenvalue weighted by atomic mass is 10.2. The highest BCUT2D eigenvalue weighted by Crippen LogP contribution is 2.14. The zero-order chi connectivity index (χ0) is 15.2. The van der Waals surface area contributed by atoms with Crippen LogP contribution in [-0.4, -0.2) is 54.9 Å². The standard InChI is InChI=1S/C14H18N2O5/c1-20-12-7-16(8-12)14(19)15-6-10-3-2-4-11(5-10)21-9-13(17)18/h2-5,12H,6-9H2,1H3,(H,15,19)(H,17,18). The highest BCUT2D eigenvalue weighted by atomic mass is 16.5. The van der Waals surface area contributed by atoms with Crippen molar-refractivity contribution < 1.29 is 24.2 Å². The summed E-state index contributed by atoms with van der Waals surface area (Å²) in [5.74, 6) is -0.563. The topological polar surface area (TPSA) is 88.1 Å². The van der Waals surface area contributed by atoms with Gasteiger partial charge in [0.25, 0.3) is 0 Å². The molecule has 0 bridgehead atoms. The number of rotatable bonds is 6. The number of methoxy groups -OCH3 is 1. The molecule has 1 aromatic rings. The molecule has 1 saturated heterocycles. The van der Waals surface area contributed by atoms with Gasteiger partial charge >= 0.3 is 12.0 Å². The Morgan fingerprint density at radius 3 is 2.86 bits per heavy atom. The van der Waals surface area contributed by atoms with Crippen molar-refractivity contribution >= 4 is 12.0 Å². The van der Waals surface area contributed by atoms with Crippen molar-refractivity contribution in [2.45, 2.75) is 12.6 Å². The summed E-state index contributed by atoms with van der Waals surface area (Å²) >= 11 is 0. The van der Waals surface area contributed by atoms with Crippen molar-refractivity contribution in [2.75, 3.05) is 26.8 Å². The van der Waals surface area contributed by atoms with Crippen LogP contribution < -0.4 is 10.1 Å². The number of amides is 2.